The maximum Gasteiger partial charge on any atom is 0.266 e. The molecular weight excluding hydrogens is 301 g/mol. The third kappa shape index (κ3) is 2.67. The average Bonchev–Trinajstić information content (AvgIpc) is 2.06. The lowest BCUT2D eigenvalue weighted by molar-refractivity contribution is 0.146. The third-order valence-corrected chi connectivity index (χ3v) is 2.85. The standard InChI is InChI=1S/C6H4BrF3N2O2S/c7-4-3(8)1-2(5(9)10)6(12-4)15(11,13)14/h1,5H,(H2,11,13,14). The molecular formula is C6H4BrF3N2O2S. The Morgan fingerprint density at radius 3 is 2.40 bits per heavy atom. The predicted molar refractivity (Wildman–Crippen MR) is 48.2 cm³/mol. The second-order valence-corrected chi connectivity index (χ2v) is 4.73. The summed E-state index contributed by atoms with van der Waals surface area (Å²) in [6.45, 7) is 0. The van der Waals surface area contributed by atoms with Gasteiger partial charge in [-0.3, -0.25) is 0 Å². The molecule has 15 heavy (non-hydrogen) atoms. The Hall–Kier alpha value is -0.670. The zero-order valence-corrected chi connectivity index (χ0v) is 9.32. The van der Waals surface area contributed by atoms with Crippen molar-refractivity contribution in [3.63, 3.8) is 0 Å². The zero-order chi connectivity index (χ0) is 11.8. The van der Waals surface area contributed by atoms with Crippen LogP contribution in [-0.4, -0.2) is 13.4 Å². The topological polar surface area (TPSA) is 73.1 Å². The first-order chi connectivity index (χ1) is 6.73. The number of nitrogens with two attached hydrogens (primary N) is 1. The van der Waals surface area contributed by atoms with Gasteiger partial charge >= 0.3 is 0 Å². The van der Waals surface area contributed by atoms with Gasteiger partial charge < -0.3 is 0 Å². The van der Waals surface area contributed by atoms with Gasteiger partial charge in [0.25, 0.3) is 16.4 Å². The fraction of sp³-hybridized carbons (Fsp3) is 0.167. The first-order valence-electron chi connectivity index (χ1n) is 3.40. The van der Waals surface area contributed by atoms with Crippen LogP contribution in [0, 0.1) is 5.82 Å². The SMILES string of the molecule is NS(=O)(=O)c1nc(Br)c(F)cc1C(F)F. The van der Waals surface area contributed by atoms with Crippen LogP contribution < -0.4 is 5.14 Å². The molecule has 0 fully saturated rings. The van der Waals surface area contributed by atoms with E-state index in [1.54, 1.807) is 0 Å². The van der Waals surface area contributed by atoms with E-state index in [-0.39, 0.29) is 0 Å². The highest BCUT2D eigenvalue weighted by Gasteiger charge is 2.24. The molecule has 0 atom stereocenters. The minimum Gasteiger partial charge on any atom is -0.224 e. The minimum absolute atomic E-state index is 0.376. The van der Waals surface area contributed by atoms with Crippen LogP contribution in [0.5, 0.6) is 0 Å². The normalized spacial score (nSPS) is 12.1. The largest absolute Gasteiger partial charge is 0.266 e. The monoisotopic (exact) mass is 304 g/mol. The molecule has 1 heterocycles. The van der Waals surface area contributed by atoms with E-state index >= 15 is 0 Å². The maximum atomic E-state index is 12.8. The van der Waals surface area contributed by atoms with Crippen molar-refractivity contribution in [3.05, 3.63) is 22.1 Å². The van der Waals surface area contributed by atoms with Gasteiger partial charge in [0.15, 0.2) is 10.8 Å². The van der Waals surface area contributed by atoms with E-state index < -0.39 is 37.5 Å². The molecule has 0 aliphatic heterocycles. The number of aromatic nitrogens is 1. The molecule has 0 aromatic carbocycles. The molecule has 0 saturated heterocycles. The quantitative estimate of drug-likeness (QED) is 0.843. The minimum atomic E-state index is -4.41. The van der Waals surface area contributed by atoms with Crippen LogP contribution in [0.15, 0.2) is 15.7 Å². The lowest BCUT2D eigenvalue weighted by Crippen LogP contribution is -2.17. The predicted octanol–water partition coefficient (Wildman–Crippen LogP) is 1.57. The number of pyridine rings is 1. The Morgan fingerprint density at radius 1 is 1.47 bits per heavy atom. The van der Waals surface area contributed by atoms with Crippen molar-refractivity contribution in [1.29, 1.82) is 0 Å². The summed E-state index contributed by atoms with van der Waals surface area (Å²) in [5.41, 5.74) is -1.06. The fourth-order valence-electron chi connectivity index (χ4n) is 0.849. The van der Waals surface area contributed by atoms with Crippen LogP contribution in [0.3, 0.4) is 0 Å². The van der Waals surface area contributed by atoms with Crippen LogP contribution in [0.4, 0.5) is 13.2 Å². The van der Waals surface area contributed by atoms with Gasteiger partial charge in [0.05, 0.1) is 5.56 Å². The summed E-state index contributed by atoms with van der Waals surface area (Å²) in [4.78, 5) is 3.11. The number of halogens is 4. The van der Waals surface area contributed by atoms with Crippen molar-refractivity contribution in [3.8, 4) is 0 Å². The molecule has 1 aromatic rings. The molecule has 0 aliphatic carbocycles. The molecule has 0 saturated carbocycles. The molecule has 2 N–H and O–H groups in total. The van der Waals surface area contributed by atoms with Gasteiger partial charge in [-0.25, -0.2) is 31.7 Å². The van der Waals surface area contributed by atoms with Gasteiger partial charge in [0, 0.05) is 0 Å². The van der Waals surface area contributed by atoms with Crippen LogP contribution in [0.25, 0.3) is 0 Å². The molecule has 0 spiro atoms. The van der Waals surface area contributed by atoms with Crippen LogP contribution >= 0.6 is 15.9 Å². The second-order valence-electron chi connectivity index (χ2n) is 2.50. The van der Waals surface area contributed by atoms with Gasteiger partial charge in [-0.2, -0.15) is 0 Å². The first kappa shape index (κ1) is 12.4. The molecule has 0 aliphatic rings. The van der Waals surface area contributed by atoms with E-state index in [4.69, 9.17) is 0 Å². The maximum absolute atomic E-state index is 12.8. The highest BCUT2D eigenvalue weighted by Crippen LogP contribution is 2.27. The van der Waals surface area contributed by atoms with Gasteiger partial charge in [-0.15, -0.1) is 0 Å². The molecule has 0 amide bonds. The number of primary sulfonamides is 1. The van der Waals surface area contributed by atoms with Crippen LogP contribution in [0.2, 0.25) is 0 Å². The van der Waals surface area contributed by atoms with Crippen LogP contribution in [0.1, 0.15) is 12.0 Å². The number of rotatable bonds is 2. The highest BCUT2D eigenvalue weighted by atomic mass is 79.9. The Morgan fingerprint density at radius 2 is 2.00 bits per heavy atom. The summed E-state index contributed by atoms with van der Waals surface area (Å²) in [6.07, 6.45) is -3.17. The fourth-order valence-corrected chi connectivity index (χ4v) is 1.95. The molecule has 84 valence electrons. The van der Waals surface area contributed by atoms with Crippen molar-refractivity contribution < 1.29 is 21.6 Å². The lowest BCUT2D eigenvalue weighted by Gasteiger charge is -2.06. The Bertz CT molecular complexity index is 491. The summed E-state index contributed by atoms with van der Waals surface area (Å²) >= 11 is 2.57. The van der Waals surface area contributed by atoms with Crippen molar-refractivity contribution >= 4 is 26.0 Å². The summed E-state index contributed by atoms with van der Waals surface area (Å²) in [5, 5.41) is 3.61. The average molecular weight is 305 g/mol. The molecule has 1 rings (SSSR count). The van der Waals surface area contributed by atoms with E-state index in [0.717, 1.165) is 0 Å². The molecule has 0 radical (unpaired) electrons. The first-order valence-corrected chi connectivity index (χ1v) is 5.74. The summed E-state index contributed by atoms with van der Waals surface area (Å²) < 4.78 is 58.7. The highest BCUT2D eigenvalue weighted by molar-refractivity contribution is 9.10. The van der Waals surface area contributed by atoms with Gasteiger partial charge in [0.1, 0.15) is 4.60 Å². The van der Waals surface area contributed by atoms with Crippen molar-refractivity contribution in [2.75, 3.05) is 0 Å². The summed E-state index contributed by atoms with van der Waals surface area (Å²) in [7, 11) is -4.41. The van der Waals surface area contributed by atoms with E-state index in [0.29, 0.717) is 6.07 Å². The number of hydrogen-bond acceptors (Lipinski definition) is 3. The van der Waals surface area contributed by atoms with Crippen molar-refractivity contribution in [2.24, 2.45) is 5.14 Å². The molecule has 1 aromatic heterocycles. The number of nitrogens with zero attached hydrogens (tertiary/aromatic N) is 1. The van der Waals surface area contributed by atoms with Crippen LogP contribution in [-0.2, 0) is 10.0 Å². The molecule has 4 nitrogen and oxygen atoms in total. The van der Waals surface area contributed by atoms with Crippen molar-refractivity contribution in [2.45, 2.75) is 11.5 Å². The number of sulfonamides is 1. The molecule has 0 unspecified atom stereocenters. The van der Waals surface area contributed by atoms with Gasteiger partial charge in [-0.1, -0.05) is 0 Å². The molecule has 0 bridgehead atoms. The van der Waals surface area contributed by atoms with Gasteiger partial charge in [-0.05, 0) is 22.0 Å². The lowest BCUT2D eigenvalue weighted by atomic mass is 10.3. The van der Waals surface area contributed by atoms with E-state index in [9.17, 15) is 21.6 Å². The third-order valence-electron chi connectivity index (χ3n) is 1.43. The number of hydrogen-bond donors (Lipinski definition) is 1. The van der Waals surface area contributed by atoms with E-state index in [1.807, 2.05) is 0 Å². The zero-order valence-electron chi connectivity index (χ0n) is 6.92. The Kier molecular flexibility index (Phi) is 3.36. The Balaban J connectivity index is 3.56. The van der Waals surface area contributed by atoms with Gasteiger partial charge in [0.2, 0.25) is 0 Å². The molecule has 9 heteroatoms. The van der Waals surface area contributed by atoms with E-state index in [2.05, 4.69) is 26.1 Å². The second kappa shape index (κ2) is 4.06. The Labute approximate surface area is 91.5 Å². The summed E-state index contributed by atoms with van der Waals surface area (Å²) in [6, 6.07) is 0.376. The number of alkyl halides is 2. The summed E-state index contributed by atoms with van der Waals surface area (Å²) in [5.74, 6) is -1.09. The van der Waals surface area contributed by atoms with E-state index in [1.165, 1.54) is 0 Å². The smallest absolute Gasteiger partial charge is 0.224 e. The van der Waals surface area contributed by atoms with Crippen molar-refractivity contribution in [1.82, 2.24) is 4.98 Å².